The third-order valence-corrected chi connectivity index (χ3v) is 6.30. The van der Waals surface area contributed by atoms with E-state index in [1.165, 1.54) is 0 Å². The quantitative estimate of drug-likeness (QED) is 0.129. The highest BCUT2D eigenvalue weighted by Crippen LogP contribution is 2.25. The number of carbonyl (C=O) groups excluding carboxylic acids is 3. The number of nitrogens with two attached hydrogens (primary N) is 1. The average Bonchev–Trinajstić information content (AvgIpc) is 2.99. The Hall–Kier alpha value is -3.79. The van der Waals surface area contributed by atoms with Crippen LogP contribution in [0.2, 0.25) is 0 Å². The summed E-state index contributed by atoms with van der Waals surface area (Å²) in [5.41, 5.74) is 3.42. The number of para-hydroxylation sites is 1. The van der Waals surface area contributed by atoms with E-state index in [4.69, 9.17) is 20.1 Å². The van der Waals surface area contributed by atoms with Crippen molar-refractivity contribution in [2.45, 2.75) is 32.2 Å². The molecule has 42 heavy (non-hydrogen) atoms. The zero-order valence-corrected chi connectivity index (χ0v) is 23.9. The van der Waals surface area contributed by atoms with Crippen LogP contribution < -0.4 is 21.4 Å². The van der Waals surface area contributed by atoms with Gasteiger partial charge < -0.3 is 34.6 Å². The van der Waals surface area contributed by atoms with Crippen LogP contribution in [0.1, 0.15) is 42.4 Å². The second-order valence-electron chi connectivity index (χ2n) is 9.42. The topological polar surface area (TPSA) is 141 Å². The molecule has 3 amide bonds. The van der Waals surface area contributed by atoms with Gasteiger partial charge >= 0.3 is 0 Å². The lowest BCUT2D eigenvalue weighted by molar-refractivity contribution is -0.122. The van der Waals surface area contributed by atoms with Gasteiger partial charge in [0.2, 0.25) is 17.7 Å². The number of hydrogen-bond acceptors (Lipinski definition) is 8. The summed E-state index contributed by atoms with van der Waals surface area (Å²) in [5.74, 6) is 10.8. The third-order valence-electron chi connectivity index (χ3n) is 6.30. The number of nitrogens with zero attached hydrogens (tertiary/aromatic N) is 1. The number of anilines is 1. The standard InChI is InChI=1S/C31H40N4O7/c32-42-23-22-41-21-20-40-19-18-39-17-16-34-30(37)11-5-10-29(36)33-15-14-31(38)35-24-27-8-2-1-6-25(27)12-13-26-7-3-4-9-28(26)35/h1-4,6-9H,5,10-11,14-24,32H2,(H,33,36)(H,34,37). The van der Waals surface area contributed by atoms with Gasteiger partial charge in [-0.15, -0.1) is 0 Å². The van der Waals surface area contributed by atoms with E-state index in [0.717, 1.165) is 22.4 Å². The Balaban J connectivity index is 1.25. The molecule has 2 aromatic carbocycles. The first-order chi connectivity index (χ1) is 20.6. The van der Waals surface area contributed by atoms with Crippen LogP contribution in [0.25, 0.3) is 0 Å². The first-order valence-electron chi connectivity index (χ1n) is 14.2. The molecule has 0 radical (unpaired) electrons. The van der Waals surface area contributed by atoms with Crippen LogP contribution in [0.15, 0.2) is 48.5 Å². The fraction of sp³-hybridized carbons (Fsp3) is 0.452. The van der Waals surface area contributed by atoms with Gasteiger partial charge in [0, 0.05) is 43.5 Å². The molecule has 2 aromatic rings. The van der Waals surface area contributed by atoms with Gasteiger partial charge in [-0.3, -0.25) is 14.4 Å². The summed E-state index contributed by atoms with van der Waals surface area (Å²) >= 11 is 0. The monoisotopic (exact) mass is 580 g/mol. The van der Waals surface area contributed by atoms with Crippen LogP contribution in [-0.2, 0) is 40.0 Å². The second kappa shape index (κ2) is 19.4. The van der Waals surface area contributed by atoms with Gasteiger partial charge in [-0.25, -0.2) is 5.90 Å². The molecule has 0 aromatic heterocycles. The van der Waals surface area contributed by atoms with Gasteiger partial charge in [0.25, 0.3) is 0 Å². The molecule has 0 saturated carbocycles. The minimum atomic E-state index is -0.193. The summed E-state index contributed by atoms with van der Waals surface area (Å²) < 4.78 is 16.0. The smallest absolute Gasteiger partial charge is 0.229 e. The van der Waals surface area contributed by atoms with Crippen molar-refractivity contribution in [1.82, 2.24) is 10.6 Å². The zero-order valence-electron chi connectivity index (χ0n) is 23.9. The Labute approximate surface area is 247 Å². The van der Waals surface area contributed by atoms with Crippen LogP contribution in [0.5, 0.6) is 0 Å². The second-order valence-corrected chi connectivity index (χ2v) is 9.42. The molecule has 0 saturated heterocycles. The number of nitrogens with one attached hydrogen (secondary N) is 2. The predicted octanol–water partition coefficient (Wildman–Crippen LogP) is 1.67. The molecule has 4 N–H and O–H groups in total. The number of benzene rings is 2. The number of hydrogen-bond donors (Lipinski definition) is 3. The van der Waals surface area contributed by atoms with Crippen LogP contribution in [-0.4, -0.2) is 77.1 Å². The van der Waals surface area contributed by atoms with Gasteiger partial charge in [-0.2, -0.15) is 0 Å². The molecular formula is C31H40N4O7. The maximum absolute atomic E-state index is 13.2. The summed E-state index contributed by atoms with van der Waals surface area (Å²) in [4.78, 5) is 43.6. The van der Waals surface area contributed by atoms with E-state index in [0.29, 0.717) is 65.8 Å². The Morgan fingerprint density at radius 1 is 0.714 bits per heavy atom. The van der Waals surface area contributed by atoms with Crippen molar-refractivity contribution in [2.75, 3.05) is 64.2 Å². The van der Waals surface area contributed by atoms with Crippen molar-refractivity contribution in [1.29, 1.82) is 0 Å². The third kappa shape index (κ3) is 12.0. The molecule has 1 aliphatic heterocycles. The fourth-order valence-electron chi connectivity index (χ4n) is 4.15. The Bertz CT molecular complexity index is 1210. The molecule has 1 aliphatic rings. The first-order valence-corrected chi connectivity index (χ1v) is 14.2. The van der Waals surface area contributed by atoms with E-state index in [2.05, 4.69) is 27.3 Å². The van der Waals surface area contributed by atoms with E-state index >= 15 is 0 Å². The van der Waals surface area contributed by atoms with E-state index in [1.54, 1.807) is 4.90 Å². The summed E-state index contributed by atoms with van der Waals surface area (Å²) in [7, 11) is 0. The lowest BCUT2D eigenvalue weighted by Gasteiger charge is -2.26. The molecule has 0 bridgehead atoms. The number of amides is 3. The zero-order chi connectivity index (χ0) is 29.8. The normalized spacial score (nSPS) is 11.8. The Morgan fingerprint density at radius 3 is 2.00 bits per heavy atom. The van der Waals surface area contributed by atoms with E-state index in [-0.39, 0.29) is 43.5 Å². The van der Waals surface area contributed by atoms with Crippen LogP contribution >= 0.6 is 0 Å². The maximum atomic E-state index is 13.2. The maximum Gasteiger partial charge on any atom is 0.229 e. The van der Waals surface area contributed by atoms with E-state index in [9.17, 15) is 14.4 Å². The minimum absolute atomic E-state index is 0.0997. The van der Waals surface area contributed by atoms with Crippen molar-refractivity contribution in [3.05, 3.63) is 65.2 Å². The first kappa shape index (κ1) is 32.7. The van der Waals surface area contributed by atoms with Crippen molar-refractivity contribution >= 4 is 23.4 Å². The van der Waals surface area contributed by atoms with Crippen LogP contribution in [0.3, 0.4) is 0 Å². The average molecular weight is 581 g/mol. The molecule has 0 unspecified atom stereocenters. The Kier molecular flexibility index (Phi) is 15.1. The highest BCUT2D eigenvalue weighted by molar-refractivity contribution is 5.95. The Morgan fingerprint density at radius 2 is 1.29 bits per heavy atom. The summed E-state index contributed by atoms with van der Waals surface area (Å²) in [6.45, 7) is 3.88. The van der Waals surface area contributed by atoms with Gasteiger partial charge in [0.1, 0.15) is 0 Å². The lowest BCUT2D eigenvalue weighted by Crippen LogP contribution is -2.35. The van der Waals surface area contributed by atoms with Crippen molar-refractivity contribution in [3.8, 4) is 11.8 Å². The van der Waals surface area contributed by atoms with Crippen LogP contribution in [0, 0.1) is 11.8 Å². The summed E-state index contributed by atoms with van der Waals surface area (Å²) in [6, 6.07) is 15.4. The van der Waals surface area contributed by atoms with Gasteiger partial charge in [-0.1, -0.05) is 42.2 Å². The summed E-state index contributed by atoms with van der Waals surface area (Å²) in [5, 5.41) is 5.56. The van der Waals surface area contributed by atoms with Gasteiger partial charge in [0.05, 0.1) is 58.5 Å². The fourth-order valence-corrected chi connectivity index (χ4v) is 4.15. The lowest BCUT2D eigenvalue weighted by atomic mass is 10.0. The molecule has 11 heteroatoms. The molecule has 11 nitrogen and oxygen atoms in total. The molecule has 0 spiro atoms. The largest absolute Gasteiger partial charge is 0.377 e. The number of fused-ring (bicyclic) bond motifs is 2. The van der Waals surface area contributed by atoms with Crippen LogP contribution in [0.4, 0.5) is 5.69 Å². The number of ether oxygens (including phenoxy) is 3. The molecule has 1 heterocycles. The molecule has 0 fully saturated rings. The summed E-state index contributed by atoms with van der Waals surface area (Å²) in [6.07, 6.45) is 0.998. The van der Waals surface area contributed by atoms with Crippen molar-refractivity contribution in [2.24, 2.45) is 5.90 Å². The minimum Gasteiger partial charge on any atom is -0.377 e. The SMILES string of the molecule is NOCCOCCOCCOCCNC(=O)CCCC(=O)NCCC(=O)N1Cc2ccccc2C#Cc2ccccc21. The highest BCUT2D eigenvalue weighted by atomic mass is 16.6. The predicted molar refractivity (Wildman–Crippen MR) is 157 cm³/mol. The van der Waals surface area contributed by atoms with E-state index < -0.39 is 0 Å². The number of rotatable bonds is 19. The van der Waals surface area contributed by atoms with Gasteiger partial charge in [-0.05, 0) is 30.2 Å². The van der Waals surface area contributed by atoms with Gasteiger partial charge in [0.15, 0.2) is 0 Å². The molecule has 0 atom stereocenters. The van der Waals surface area contributed by atoms with Crippen molar-refractivity contribution < 1.29 is 33.4 Å². The number of carbonyl (C=O) groups is 3. The molecular weight excluding hydrogens is 540 g/mol. The van der Waals surface area contributed by atoms with E-state index in [1.807, 2.05) is 48.5 Å². The van der Waals surface area contributed by atoms with Crippen molar-refractivity contribution in [3.63, 3.8) is 0 Å². The molecule has 0 aliphatic carbocycles. The molecule has 226 valence electrons. The highest BCUT2D eigenvalue weighted by Gasteiger charge is 2.21. The molecule has 3 rings (SSSR count).